The summed E-state index contributed by atoms with van der Waals surface area (Å²) < 4.78 is 14.2. The molecule has 6 nitrogen and oxygen atoms in total. The van der Waals surface area contributed by atoms with Crippen molar-refractivity contribution in [1.29, 1.82) is 0 Å². The second kappa shape index (κ2) is 16.0. The third-order valence-electron chi connectivity index (χ3n) is 7.99. The van der Waals surface area contributed by atoms with E-state index in [4.69, 9.17) is 19.6 Å². The SMILES string of the molecule is O=C(NCc1ccccc1Sc1ccccc1)[C@]1(Cc2ccc(Br)cc2)N=C(c2ccc(OCCCO)cc2)O[C@@H]1c1ccccc1Br. The minimum Gasteiger partial charge on any atom is -0.494 e. The summed E-state index contributed by atoms with van der Waals surface area (Å²) >= 11 is 8.94. The molecule has 5 aromatic carbocycles. The van der Waals surface area contributed by atoms with Gasteiger partial charge >= 0.3 is 0 Å². The van der Waals surface area contributed by atoms with Crippen LogP contribution in [0.2, 0.25) is 0 Å². The van der Waals surface area contributed by atoms with Crippen LogP contribution in [0.4, 0.5) is 0 Å². The van der Waals surface area contributed by atoms with Crippen LogP contribution in [0.15, 0.2) is 151 Å². The number of hydrogen-bond donors (Lipinski definition) is 2. The van der Waals surface area contributed by atoms with Crippen molar-refractivity contribution in [3.8, 4) is 5.75 Å². The van der Waals surface area contributed by atoms with Gasteiger partial charge in [0.1, 0.15) is 5.75 Å². The molecule has 9 heteroatoms. The van der Waals surface area contributed by atoms with Crippen molar-refractivity contribution in [1.82, 2.24) is 5.32 Å². The van der Waals surface area contributed by atoms with E-state index < -0.39 is 11.6 Å². The number of nitrogens with zero attached hydrogens (tertiary/aromatic N) is 1. The van der Waals surface area contributed by atoms with Crippen molar-refractivity contribution in [2.45, 2.75) is 40.8 Å². The zero-order valence-electron chi connectivity index (χ0n) is 26.0. The molecule has 0 radical (unpaired) electrons. The second-order valence-corrected chi connectivity index (χ2v) is 14.2. The molecule has 0 unspecified atom stereocenters. The van der Waals surface area contributed by atoms with E-state index in [9.17, 15) is 4.79 Å². The van der Waals surface area contributed by atoms with E-state index in [0.717, 1.165) is 41.0 Å². The minimum absolute atomic E-state index is 0.0686. The molecule has 1 heterocycles. The zero-order chi connectivity index (χ0) is 33.3. The van der Waals surface area contributed by atoms with E-state index in [1.54, 1.807) is 11.8 Å². The van der Waals surface area contributed by atoms with Gasteiger partial charge in [-0.05, 0) is 71.8 Å². The maximum Gasteiger partial charge on any atom is 0.252 e. The van der Waals surface area contributed by atoms with Crippen LogP contribution < -0.4 is 10.1 Å². The van der Waals surface area contributed by atoms with Crippen molar-refractivity contribution in [3.05, 3.63) is 159 Å². The summed E-state index contributed by atoms with van der Waals surface area (Å²) in [5.41, 5.74) is 2.19. The highest BCUT2D eigenvalue weighted by Crippen LogP contribution is 2.45. The van der Waals surface area contributed by atoms with Crippen LogP contribution in [-0.2, 0) is 22.5 Å². The van der Waals surface area contributed by atoms with Crippen molar-refractivity contribution < 1.29 is 19.4 Å². The highest BCUT2D eigenvalue weighted by molar-refractivity contribution is 9.10. The molecular weight excluding hydrogens is 752 g/mol. The Bertz CT molecular complexity index is 1870. The fourth-order valence-corrected chi connectivity index (χ4v) is 7.28. The van der Waals surface area contributed by atoms with Gasteiger partial charge < -0.3 is 19.9 Å². The van der Waals surface area contributed by atoms with Crippen LogP contribution in [0.25, 0.3) is 0 Å². The van der Waals surface area contributed by atoms with Gasteiger partial charge in [0.15, 0.2) is 11.6 Å². The first-order valence-electron chi connectivity index (χ1n) is 15.6. The normalized spacial score (nSPS) is 17.0. The topological polar surface area (TPSA) is 80.2 Å². The molecule has 0 saturated carbocycles. The standard InChI is InChI=1S/C39H34Br2N2O4S/c40-30-19-15-27(16-20-30)25-39(38(45)42-26-29-9-4-7-14-35(29)48-32-10-2-1-3-11-32)36(33-12-5-6-13-34(33)41)47-37(43-39)28-17-21-31(22-18-28)46-24-8-23-44/h1-7,9-22,36,44H,8,23-26H2,(H,42,45)/t36-,39-/m1/s1. The van der Waals surface area contributed by atoms with E-state index in [-0.39, 0.29) is 12.5 Å². The van der Waals surface area contributed by atoms with Gasteiger partial charge in [-0.2, -0.15) is 0 Å². The zero-order valence-corrected chi connectivity index (χ0v) is 30.0. The average molecular weight is 787 g/mol. The lowest BCUT2D eigenvalue weighted by molar-refractivity contribution is -0.129. The first kappa shape index (κ1) is 34.0. The number of hydrogen-bond acceptors (Lipinski definition) is 6. The highest BCUT2D eigenvalue weighted by atomic mass is 79.9. The maximum absolute atomic E-state index is 14.8. The largest absolute Gasteiger partial charge is 0.494 e. The molecule has 48 heavy (non-hydrogen) atoms. The number of carbonyl (C=O) groups is 1. The molecule has 0 spiro atoms. The smallest absolute Gasteiger partial charge is 0.252 e. The summed E-state index contributed by atoms with van der Waals surface area (Å²) in [4.78, 5) is 22.2. The third kappa shape index (κ3) is 8.04. The Kier molecular flexibility index (Phi) is 11.3. The van der Waals surface area contributed by atoms with Gasteiger partial charge in [-0.25, -0.2) is 4.99 Å². The van der Waals surface area contributed by atoms with Crippen LogP contribution in [0, 0.1) is 0 Å². The van der Waals surface area contributed by atoms with Crippen molar-refractivity contribution in [2.75, 3.05) is 13.2 Å². The van der Waals surface area contributed by atoms with Gasteiger partial charge in [0.05, 0.1) is 6.61 Å². The number of carbonyl (C=O) groups excluding carboxylic acids is 1. The highest BCUT2D eigenvalue weighted by Gasteiger charge is 2.53. The van der Waals surface area contributed by atoms with Crippen molar-refractivity contribution >= 4 is 55.4 Å². The van der Waals surface area contributed by atoms with Crippen LogP contribution in [-0.4, -0.2) is 35.7 Å². The molecule has 6 rings (SSSR count). The van der Waals surface area contributed by atoms with Crippen molar-refractivity contribution in [2.24, 2.45) is 4.99 Å². The molecule has 0 aromatic heterocycles. The Morgan fingerprint density at radius 1 is 0.875 bits per heavy atom. The molecule has 0 bridgehead atoms. The number of aliphatic imine (C=N–C) groups is 1. The number of amides is 1. The first-order chi connectivity index (χ1) is 23.4. The molecule has 1 aliphatic heterocycles. The number of nitrogens with one attached hydrogen (secondary N) is 1. The Morgan fingerprint density at radius 2 is 1.58 bits per heavy atom. The molecule has 2 atom stereocenters. The fraction of sp³-hybridized carbons (Fsp3) is 0.179. The molecule has 2 N–H and O–H groups in total. The van der Waals surface area contributed by atoms with Gasteiger partial charge in [0.25, 0.3) is 5.91 Å². The fourth-order valence-electron chi connectivity index (χ4n) is 5.55. The molecule has 1 amide bonds. The predicted octanol–water partition coefficient (Wildman–Crippen LogP) is 8.94. The number of aliphatic hydroxyl groups excluding tert-OH is 1. The average Bonchev–Trinajstić information content (AvgIpc) is 3.50. The van der Waals surface area contributed by atoms with Crippen LogP contribution >= 0.6 is 43.6 Å². The molecule has 5 aromatic rings. The Morgan fingerprint density at radius 3 is 2.33 bits per heavy atom. The summed E-state index contributed by atoms with van der Waals surface area (Å²) in [6, 6.07) is 41.6. The van der Waals surface area contributed by atoms with E-state index in [0.29, 0.717) is 37.6 Å². The number of rotatable bonds is 13. The molecule has 1 aliphatic rings. The van der Waals surface area contributed by atoms with Crippen molar-refractivity contribution in [3.63, 3.8) is 0 Å². The minimum atomic E-state index is -1.33. The summed E-state index contributed by atoms with van der Waals surface area (Å²) in [6.45, 7) is 0.810. The quantitative estimate of drug-likeness (QED) is 0.117. The lowest BCUT2D eigenvalue weighted by Gasteiger charge is -2.31. The van der Waals surface area contributed by atoms with Crippen LogP contribution in [0.3, 0.4) is 0 Å². The van der Waals surface area contributed by atoms with Gasteiger partial charge in [0, 0.05) is 55.9 Å². The van der Waals surface area contributed by atoms with E-state index in [2.05, 4.69) is 55.4 Å². The number of ether oxygens (including phenoxy) is 2. The summed E-state index contributed by atoms with van der Waals surface area (Å²) in [5.74, 6) is 0.827. The summed E-state index contributed by atoms with van der Waals surface area (Å²) in [5, 5.41) is 12.4. The Labute approximate surface area is 301 Å². The second-order valence-electron chi connectivity index (χ2n) is 11.3. The predicted molar refractivity (Wildman–Crippen MR) is 198 cm³/mol. The number of benzene rings is 5. The number of halogens is 2. The third-order valence-corrected chi connectivity index (χ3v) is 10.4. The number of aliphatic hydroxyl groups is 1. The summed E-state index contributed by atoms with van der Waals surface area (Å²) in [7, 11) is 0. The molecule has 244 valence electrons. The van der Waals surface area contributed by atoms with E-state index in [1.807, 2.05) is 109 Å². The molecule has 0 saturated heterocycles. The van der Waals surface area contributed by atoms with Crippen LogP contribution in [0.5, 0.6) is 5.75 Å². The molecular formula is C39H34Br2N2O4S. The van der Waals surface area contributed by atoms with Gasteiger partial charge in [-0.1, -0.05) is 110 Å². The lowest BCUT2D eigenvalue weighted by Crippen LogP contribution is -2.49. The molecule has 0 aliphatic carbocycles. The first-order valence-corrected chi connectivity index (χ1v) is 18.0. The van der Waals surface area contributed by atoms with Gasteiger partial charge in [-0.15, -0.1) is 0 Å². The Balaban J connectivity index is 1.37. The lowest BCUT2D eigenvalue weighted by atomic mass is 9.82. The molecule has 0 fully saturated rings. The van der Waals surface area contributed by atoms with E-state index in [1.165, 1.54) is 0 Å². The van der Waals surface area contributed by atoms with Gasteiger partial charge in [-0.3, -0.25) is 4.79 Å². The Hall–Kier alpha value is -3.89. The maximum atomic E-state index is 14.8. The van der Waals surface area contributed by atoms with Gasteiger partial charge in [0.2, 0.25) is 5.90 Å². The van der Waals surface area contributed by atoms with E-state index >= 15 is 0 Å². The van der Waals surface area contributed by atoms with Crippen LogP contribution in [0.1, 0.15) is 34.8 Å². The summed E-state index contributed by atoms with van der Waals surface area (Å²) in [6.07, 6.45) is 0.139. The monoisotopic (exact) mass is 784 g/mol.